The summed E-state index contributed by atoms with van der Waals surface area (Å²) in [5, 5.41) is 3.78. The van der Waals surface area contributed by atoms with Crippen molar-refractivity contribution in [3.63, 3.8) is 0 Å². The Balaban J connectivity index is 1.66. The lowest BCUT2D eigenvalue weighted by atomic mass is 10.1. The minimum absolute atomic E-state index is 0.0533. The fourth-order valence-corrected chi connectivity index (χ4v) is 2.81. The van der Waals surface area contributed by atoms with Gasteiger partial charge in [-0.3, -0.25) is 4.79 Å². The molecule has 0 saturated carbocycles. The van der Waals surface area contributed by atoms with E-state index in [0.29, 0.717) is 6.61 Å². The van der Waals surface area contributed by atoms with Crippen LogP contribution in [0.15, 0.2) is 65.2 Å². The van der Waals surface area contributed by atoms with Gasteiger partial charge in [0.2, 0.25) is 0 Å². The van der Waals surface area contributed by atoms with Crippen LogP contribution in [-0.2, 0) is 33.9 Å². The largest absolute Gasteiger partial charge is 0.476 e. The normalized spacial score (nSPS) is 11.5. The second kappa shape index (κ2) is 10.9. The van der Waals surface area contributed by atoms with Crippen LogP contribution in [0, 0.1) is 0 Å². The molecule has 0 spiro atoms. The van der Waals surface area contributed by atoms with Crippen LogP contribution in [0.25, 0.3) is 0 Å². The molecule has 0 fully saturated rings. The van der Waals surface area contributed by atoms with Gasteiger partial charge in [0, 0.05) is 6.42 Å². The van der Waals surface area contributed by atoms with E-state index in [1.54, 1.807) is 6.92 Å². The number of aromatic nitrogens is 1. The van der Waals surface area contributed by atoms with E-state index >= 15 is 0 Å². The molecular formula is C23H24N2O6. The summed E-state index contributed by atoms with van der Waals surface area (Å²) in [7, 11) is 0. The molecule has 1 atom stereocenters. The van der Waals surface area contributed by atoms with E-state index in [2.05, 4.69) is 5.16 Å². The van der Waals surface area contributed by atoms with Gasteiger partial charge in [0.15, 0.2) is 0 Å². The van der Waals surface area contributed by atoms with E-state index in [9.17, 15) is 9.59 Å². The van der Waals surface area contributed by atoms with Gasteiger partial charge < -0.3 is 24.5 Å². The maximum absolute atomic E-state index is 12.5. The molecule has 1 aromatic heterocycles. The maximum Gasteiger partial charge on any atom is 0.377 e. The summed E-state index contributed by atoms with van der Waals surface area (Å²) in [6, 6.07) is 17.4. The van der Waals surface area contributed by atoms with Crippen LogP contribution < -0.4 is 10.5 Å². The molecule has 0 aliphatic rings. The minimum Gasteiger partial charge on any atom is -0.476 e. The summed E-state index contributed by atoms with van der Waals surface area (Å²) in [6.07, 6.45) is -0.0533. The lowest BCUT2D eigenvalue weighted by Crippen LogP contribution is -2.34. The number of nitrogens with zero attached hydrogens (tertiary/aromatic N) is 1. The van der Waals surface area contributed by atoms with Crippen molar-refractivity contribution in [2.45, 2.75) is 32.6 Å². The summed E-state index contributed by atoms with van der Waals surface area (Å²) < 4.78 is 21.2. The average molecular weight is 424 g/mol. The Morgan fingerprint density at radius 3 is 2.13 bits per heavy atom. The second-order valence-corrected chi connectivity index (χ2v) is 6.69. The van der Waals surface area contributed by atoms with Gasteiger partial charge in [-0.05, 0) is 23.2 Å². The van der Waals surface area contributed by atoms with Crippen molar-refractivity contribution in [2.75, 3.05) is 6.61 Å². The molecule has 3 rings (SSSR count). The van der Waals surface area contributed by atoms with Crippen LogP contribution >= 0.6 is 0 Å². The monoisotopic (exact) mass is 424 g/mol. The first-order chi connectivity index (χ1) is 15.1. The van der Waals surface area contributed by atoms with Crippen molar-refractivity contribution in [1.82, 2.24) is 5.16 Å². The van der Waals surface area contributed by atoms with Crippen LogP contribution in [0.3, 0.4) is 0 Å². The van der Waals surface area contributed by atoms with Crippen LogP contribution in [0.5, 0.6) is 5.88 Å². The first kappa shape index (κ1) is 22.0. The number of hydrogen-bond acceptors (Lipinski definition) is 8. The van der Waals surface area contributed by atoms with Gasteiger partial charge >= 0.3 is 11.9 Å². The highest BCUT2D eigenvalue weighted by Crippen LogP contribution is 2.24. The van der Waals surface area contributed by atoms with Gasteiger partial charge in [0.1, 0.15) is 19.3 Å². The van der Waals surface area contributed by atoms with Gasteiger partial charge in [-0.1, -0.05) is 60.7 Å². The molecule has 162 valence electrons. The molecule has 0 saturated heterocycles. The Morgan fingerprint density at radius 1 is 0.968 bits per heavy atom. The third kappa shape index (κ3) is 6.16. The Morgan fingerprint density at radius 2 is 1.55 bits per heavy atom. The molecule has 2 aromatic carbocycles. The van der Waals surface area contributed by atoms with Crippen LogP contribution in [0.4, 0.5) is 0 Å². The summed E-state index contributed by atoms with van der Waals surface area (Å²) in [6.45, 7) is 2.22. The van der Waals surface area contributed by atoms with Crippen LogP contribution in [-0.4, -0.2) is 29.7 Å². The van der Waals surface area contributed by atoms with Gasteiger partial charge in [0.25, 0.3) is 11.6 Å². The van der Waals surface area contributed by atoms with Crippen LogP contribution in [0.1, 0.15) is 34.2 Å². The SMILES string of the molecule is CCOc1noc(C(=O)OCc2ccccc2)c1CC(N)C(=O)OCc1ccccc1. The molecule has 0 bridgehead atoms. The van der Waals surface area contributed by atoms with Gasteiger partial charge in [-0.25, -0.2) is 4.79 Å². The fraction of sp³-hybridized carbons (Fsp3) is 0.261. The zero-order valence-electron chi connectivity index (χ0n) is 17.2. The Labute approximate surface area is 179 Å². The summed E-state index contributed by atoms with van der Waals surface area (Å²) in [5.74, 6) is -1.38. The molecule has 0 radical (unpaired) electrons. The van der Waals surface area contributed by atoms with Gasteiger partial charge in [-0.2, -0.15) is 0 Å². The lowest BCUT2D eigenvalue weighted by Gasteiger charge is -2.12. The molecular weight excluding hydrogens is 400 g/mol. The van der Waals surface area contributed by atoms with Crippen molar-refractivity contribution in [2.24, 2.45) is 5.73 Å². The molecule has 0 amide bonds. The van der Waals surface area contributed by atoms with Crippen molar-refractivity contribution in [3.8, 4) is 5.88 Å². The Bertz CT molecular complexity index is 988. The zero-order valence-corrected chi connectivity index (χ0v) is 17.2. The first-order valence-electron chi connectivity index (χ1n) is 9.87. The smallest absolute Gasteiger partial charge is 0.377 e. The predicted octanol–water partition coefficient (Wildman–Crippen LogP) is 3.04. The molecule has 1 heterocycles. The fourth-order valence-electron chi connectivity index (χ4n) is 2.81. The third-order valence-corrected chi connectivity index (χ3v) is 4.38. The molecule has 3 aromatic rings. The highest BCUT2D eigenvalue weighted by atomic mass is 16.6. The Kier molecular flexibility index (Phi) is 7.78. The number of hydrogen-bond donors (Lipinski definition) is 1. The average Bonchev–Trinajstić information content (AvgIpc) is 3.19. The number of benzene rings is 2. The molecule has 2 N–H and O–H groups in total. The molecule has 8 heteroatoms. The van der Waals surface area contributed by atoms with Gasteiger partial charge in [-0.15, -0.1) is 0 Å². The van der Waals surface area contributed by atoms with E-state index in [-0.39, 0.29) is 36.8 Å². The molecule has 31 heavy (non-hydrogen) atoms. The van der Waals surface area contributed by atoms with Gasteiger partial charge in [0.05, 0.1) is 12.2 Å². The summed E-state index contributed by atoms with van der Waals surface area (Å²) in [4.78, 5) is 24.9. The molecule has 8 nitrogen and oxygen atoms in total. The molecule has 1 unspecified atom stereocenters. The topological polar surface area (TPSA) is 114 Å². The minimum atomic E-state index is -1.04. The zero-order chi connectivity index (χ0) is 22.1. The second-order valence-electron chi connectivity index (χ2n) is 6.69. The quantitative estimate of drug-likeness (QED) is 0.494. The van der Waals surface area contributed by atoms with E-state index in [1.807, 2.05) is 60.7 Å². The van der Waals surface area contributed by atoms with Crippen molar-refractivity contribution in [3.05, 3.63) is 83.1 Å². The molecule has 0 aliphatic carbocycles. The van der Waals surface area contributed by atoms with E-state index < -0.39 is 18.0 Å². The van der Waals surface area contributed by atoms with Crippen molar-refractivity contribution >= 4 is 11.9 Å². The number of rotatable bonds is 10. The summed E-state index contributed by atoms with van der Waals surface area (Å²) >= 11 is 0. The Hall–Kier alpha value is -3.65. The third-order valence-electron chi connectivity index (χ3n) is 4.38. The predicted molar refractivity (Wildman–Crippen MR) is 111 cm³/mol. The number of nitrogens with two attached hydrogens (primary N) is 1. The standard InChI is InChI=1S/C23H24N2O6/c1-2-28-21-18(13-19(24)22(26)29-14-16-9-5-3-6-10-16)20(31-25-21)23(27)30-15-17-11-7-4-8-12-17/h3-12,19H,2,13-15,24H2,1H3. The summed E-state index contributed by atoms with van der Waals surface area (Å²) in [5.41, 5.74) is 7.95. The number of esters is 2. The van der Waals surface area contributed by atoms with E-state index in [1.165, 1.54) is 0 Å². The number of ether oxygens (including phenoxy) is 3. The van der Waals surface area contributed by atoms with Crippen molar-refractivity contribution in [1.29, 1.82) is 0 Å². The van der Waals surface area contributed by atoms with E-state index in [0.717, 1.165) is 11.1 Å². The van der Waals surface area contributed by atoms with E-state index in [4.69, 9.17) is 24.5 Å². The molecule has 0 aliphatic heterocycles. The number of carbonyl (C=O) groups excluding carboxylic acids is 2. The highest BCUT2D eigenvalue weighted by molar-refractivity contribution is 5.89. The highest BCUT2D eigenvalue weighted by Gasteiger charge is 2.29. The first-order valence-corrected chi connectivity index (χ1v) is 9.87. The lowest BCUT2D eigenvalue weighted by molar-refractivity contribution is -0.146. The number of carbonyl (C=O) groups is 2. The van der Waals surface area contributed by atoms with Crippen molar-refractivity contribution < 1.29 is 28.3 Å². The maximum atomic E-state index is 12.5. The van der Waals surface area contributed by atoms with Crippen LogP contribution in [0.2, 0.25) is 0 Å².